The van der Waals surface area contributed by atoms with Crippen LogP contribution in [-0.4, -0.2) is 67.6 Å². The second-order valence-corrected chi connectivity index (χ2v) is 11.3. The van der Waals surface area contributed by atoms with Gasteiger partial charge >= 0.3 is 0 Å². The maximum Gasteiger partial charge on any atom is 0.265 e. The number of ether oxygens (including phenoxy) is 2. The Morgan fingerprint density at radius 3 is 2.65 bits per heavy atom. The first kappa shape index (κ1) is 31.2. The van der Waals surface area contributed by atoms with E-state index in [2.05, 4.69) is 19.9 Å². The normalized spacial score (nSPS) is 17.5. The second kappa shape index (κ2) is 13.3. The molecule has 46 heavy (non-hydrogen) atoms. The van der Waals surface area contributed by atoms with Crippen molar-refractivity contribution in [3.63, 3.8) is 0 Å². The van der Waals surface area contributed by atoms with Gasteiger partial charge in [0, 0.05) is 18.7 Å². The van der Waals surface area contributed by atoms with Crippen molar-refractivity contribution in [3.8, 4) is 17.0 Å². The number of alkyl halides is 2. The number of halogens is 3. The number of fused-ring (bicyclic) bond motifs is 1. The molecular formula is C32H33F3N8O3. The second-order valence-electron chi connectivity index (χ2n) is 11.3. The smallest absolute Gasteiger partial charge is 0.265 e. The molecule has 5 aromatic rings. The quantitative estimate of drug-likeness (QED) is 0.143. The van der Waals surface area contributed by atoms with Crippen molar-refractivity contribution >= 4 is 22.7 Å². The average Bonchev–Trinajstić information content (AvgIpc) is 3.47. The monoisotopic (exact) mass is 634 g/mol. The largest absolute Gasteiger partial charge is 0.464 e. The highest BCUT2D eigenvalue weighted by Crippen LogP contribution is 2.34. The molecule has 0 saturated carbocycles. The number of aliphatic hydroxyl groups is 1. The van der Waals surface area contributed by atoms with E-state index in [0.29, 0.717) is 53.2 Å². The van der Waals surface area contributed by atoms with E-state index in [1.54, 1.807) is 29.2 Å². The molecule has 1 saturated heterocycles. The van der Waals surface area contributed by atoms with Gasteiger partial charge in [0.1, 0.15) is 17.9 Å². The Bertz CT molecular complexity index is 1810. The van der Waals surface area contributed by atoms with Crippen molar-refractivity contribution in [2.24, 2.45) is 5.73 Å². The minimum Gasteiger partial charge on any atom is -0.464 e. The molecule has 11 nitrogen and oxygen atoms in total. The molecule has 0 aliphatic carbocycles. The number of nitrogen functional groups attached to an aromatic ring is 1. The number of nitrogens with two attached hydrogens (primary N) is 2. The first-order valence-electron chi connectivity index (χ1n) is 14.7. The van der Waals surface area contributed by atoms with Crippen molar-refractivity contribution in [1.82, 2.24) is 24.5 Å². The third kappa shape index (κ3) is 6.59. The van der Waals surface area contributed by atoms with E-state index in [1.807, 2.05) is 35.2 Å². The number of aromatic nitrogens is 5. The molecule has 0 unspecified atom stereocenters. The Morgan fingerprint density at radius 2 is 1.87 bits per heavy atom. The molecule has 1 aliphatic rings. The molecule has 2 aromatic carbocycles. The van der Waals surface area contributed by atoms with Crippen molar-refractivity contribution < 1.29 is 27.8 Å². The lowest BCUT2D eigenvalue weighted by atomic mass is 9.84. The molecule has 0 radical (unpaired) electrons. The number of pyridine rings is 1. The molecule has 4 heterocycles. The van der Waals surface area contributed by atoms with Crippen molar-refractivity contribution in [2.75, 3.05) is 30.5 Å². The van der Waals surface area contributed by atoms with Crippen LogP contribution in [0.2, 0.25) is 0 Å². The van der Waals surface area contributed by atoms with Gasteiger partial charge in [0.25, 0.3) is 6.43 Å². The fourth-order valence-corrected chi connectivity index (χ4v) is 5.68. The molecule has 14 heteroatoms. The van der Waals surface area contributed by atoms with Crippen molar-refractivity contribution in [2.45, 2.75) is 44.1 Å². The van der Waals surface area contributed by atoms with Gasteiger partial charge in [-0.25, -0.2) is 28.1 Å². The van der Waals surface area contributed by atoms with Gasteiger partial charge in [0.05, 0.1) is 42.6 Å². The Kier molecular flexibility index (Phi) is 9.01. The third-order valence-electron chi connectivity index (χ3n) is 8.10. The molecule has 3 aromatic heterocycles. The highest BCUT2D eigenvalue weighted by molar-refractivity contribution is 5.81. The molecule has 1 fully saturated rings. The van der Waals surface area contributed by atoms with Gasteiger partial charge in [-0.05, 0) is 48.2 Å². The molecule has 5 N–H and O–H groups in total. The first-order chi connectivity index (χ1) is 22.2. The van der Waals surface area contributed by atoms with Crippen LogP contribution in [-0.2, 0) is 17.9 Å². The van der Waals surface area contributed by atoms with Gasteiger partial charge in [-0.1, -0.05) is 30.3 Å². The van der Waals surface area contributed by atoms with Gasteiger partial charge in [-0.15, -0.1) is 0 Å². The Labute approximate surface area is 262 Å². The lowest BCUT2D eigenvalue weighted by Crippen LogP contribution is -2.63. The number of benzene rings is 2. The van der Waals surface area contributed by atoms with E-state index in [1.165, 1.54) is 18.5 Å². The van der Waals surface area contributed by atoms with Crippen molar-refractivity contribution in [1.29, 1.82) is 0 Å². The molecule has 6 rings (SSSR count). The van der Waals surface area contributed by atoms with Crippen LogP contribution in [0.1, 0.15) is 24.0 Å². The zero-order valence-corrected chi connectivity index (χ0v) is 24.8. The number of nitrogens with zero attached hydrogens (tertiary/aromatic N) is 6. The fourth-order valence-electron chi connectivity index (χ4n) is 5.68. The summed E-state index contributed by atoms with van der Waals surface area (Å²) in [6.07, 6.45) is 0.278. The average molecular weight is 635 g/mol. The Hall–Kier alpha value is -4.79. The van der Waals surface area contributed by atoms with Gasteiger partial charge in [0.2, 0.25) is 0 Å². The summed E-state index contributed by atoms with van der Waals surface area (Å²) < 4.78 is 55.0. The Balaban J connectivity index is 1.27. The first-order valence-corrected chi connectivity index (χ1v) is 14.7. The molecular weight excluding hydrogens is 601 g/mol. The van der Waals surface area contributed by atoms with Gasteiger partial charge < -0.3 is 35.5 Å². The van der Waals surface area contributed by atoms with E-state index in [0.717, 1.165) is 5.56 Å². The fraction of sp³-hybridized carbons (Fsp3) is 0.312. The Morgan fingerprint density at radius 1 is 1.04 bits per heavy atom. The van der Waals surface area contributed by atoms with Gasteiger partial charge in [0.15, 0.2) is 29.8 Å². The summed E-state index contributed by atoms with van der Waals surface area (Å²) in [4.78, 5) is 19.1. The van der Waals surface area contributed by atoms with Gasteiger partial charge in [-0.2, -0.15) is 0 Å². The van der Waals surface area contributed by atoms with Crippen LogP contribution in [0.5, 0.6) is 5.75 Å². The summed E-state index contributed by atoms with van der Waals surface area (Å²) in [5, 5.41) is 10.2. The maximum absolute atomic E-state index is 15.1. The van der Waals surface area contributed by atoms with Crippen LogP contribution in [0, 0.1) is 5.82 Å². The molecule has 240 valence electrons. The summed E-state index contributed by atoms with van der Waals surface area (Å²) >= 11 is 0. The highest BCUT2D eigenvalue weighted by atomic mass is 19.3. The van der Waals surface area contributed by atoms with Crippen molar-refractivity contribution in [3.05, 3.63) is 90.4 Å². The molecule has 0 amide bonds. The lowest BCUT2D eigenvalue weighted by molar-refractivity contribution is -0.0529. The number of rotatable bonds is 11. The number of aliphatic hydroxyl groups excluding tert-OH is 1. The standard InChI is InChI=1S/C32H33F3N8O3/c33-23-11-21(7-8-26(23)46-19-45-15-20-5-2-1-3-6-20)24-12-22(14-43-18-41-27-30(36)39-17-40-31(27)43)25(13-38-24)42-10-4-9-32(37,16-42)28(44)29(34)35/h1-3,5-8,11-13,17-18,28-29,44H,4,9-10,14-16,19,37H2,(H2,36,39,40)/t28-,32+/m1/s1. The zero-order valence-electron chi connectivity index (χ0n) is 24.8. The minimum atomic E-state index is -2.98. The van der Waals surface area contributed by atoms with E-state index < -0.39 is 23.9 Å². The highest BCUT2D eigenvalue weighted by Gasteiger charge is 2.43. The number of imidazole rings is 1. The van der Waals surface area contributed by atoms with E-state index in [9.17, 15) is 13.9 Å². The van der Waals surface area contributed by atoms with Gasteiger partial charge in [-0.3, -0.25) is 4.98 Å². The SMILES string of the molecule is Nc1ncnc2c1ncn2Cc1cc(-c2ccc(OCOCc3ccccc3)c(F)c2)ncc1N1CCC[C@@](N)([C@H](O)C(F)F)C1. The van der Waals surface area contributed by atoms with Crippen LogP contribution in [0.4, 0.5) is 24.7 Å². The predicted octanol–water partition coefficient (Wildman–Crippen LogP) is 4.13. The number of hydrogen-bond donors (Lipinski definition) is 3. The minimum absolute atomic E-state index is 0.0145. The zero-order chi connectivity index (χ0) is 32.3. The molecule has 1 aliphatic heterocycles. The number of hydrogen-bond acceptors (Lipinski definition) is 10. The van der Waals surface area contributed by atoms with Crippen LogP contribution in [0.25, 0.3) is 22.4 Å². The van der Waals surface area contributed by atoms with E-state index in [-0.39, 0.29) is 37.9 Å². The van der Waals surface area contributed by atoms with Crippen LogP contribution in [0.15, 0.2) is 73.4 Å². The summed E-state index contributed by atoms with van der Waals surface area (Å²) in [6.45, 7) is 0.933. The predicted molar refractivity (Wildman–Crippen MR) is 166 cm³/mol. The molecule has 2 atom stereocenters. The molecule has 0 bridgehead atoms. The van der Waals surface area contributed by atoms with E-state index in [4.69, 9.17) is 20.9 Å². The summed E-state index contributed by atoms with van der Waals surface area (Å²) in [7, 11) is 0. The topological polar surface area (TPSA) is 150 Å². The van der Waals surface area contributed by atoms with Crippen LogP contribution < -0.4 is 21.1 Å². The lowest BCUT2D eigenvalue weighted by Gasteiger charge is -2.44. The summed E-state index contributed by atoms with van der Waals surface area (Å²) in [5.74, 6) is -0.334. The number of piperidine rings is 1. The summed E-state index contributed by atoms with van der Waals surface area (Å²) in [6, 6.07) is 15.9. The van der Waals surface area contributed by atoms with Crippen LogP contribution >= 0.6 is 0 Å². The number of anilines is 2. The molecule has 0 spiro atoms. The van der Waals surface area contributed by atoms with E-state index >= 15 is 4.39 Å². The van der Waals surface area contributed by atoms with Crippen LogP contribution in [0.3, 0.4) is 0 Å². The third-order valence-corrected chi connectivity index (χ3v) is 8.10. The maximum atomic E-state index is 15.1. The summed E-state index contributed by atoms with van der Waals surface area (Å²) in [5.41, 5.74) is 15.0.